The first-order valence-electron chi connectivity index (χ1n) is 7.80. The molecule has 3 aromatic rings. The van der Waals surface area contributed by atoms with Crippen LogP contribution in [0.2, 0.25) is 0 Å². The second kappa shape index (κ2) is 7.77. The molecule has 7 heteroatoms. The van der Waals surface area contributed by atoms with Crippen LogP contribution in [0.5, 0.6) is 5.75 Å². The van der Waals surface area contributed by atoms with Crippen molar-refractivity contribution in [2.24, 2.45) is 0 Å². The standard InChI is InChI=1S/C18H18N2O3S2/c1-2-23-16-6-3-4-8-18(16)25(21,22)20-13-14-9-10-19-15(12-14)17-7-5-11-24-17/h3-12,20H,2,13H2,1H3. The number of hydrogen-bond acceptors (Lipinski definition) is 5. The molecule has 2 heterocycles. The average Bonchev–Trinajstić information content (AvgIpc) is 3.16. The van der Waals surface area contributed by atoms with E-state index in [0.29, 0.717) is 12.4 Å². The fraction of sp³-hybridized carbons (Fsp3) is 0.167. The van der Waals surface area contributed by atoms with Crippen LogP contribution in [0, 0.1) is 0 Å². The lowest BCUT2D eigenvalue weighted by atomic mass is 10.2. The molecule has 5 nitrogen and oxygen atoms in total. The summed E-state index contributed by atoms with van der Waals surface area (Å²) in [6.45, 7) is 2.41. The maximum absolute atomic E-state index is 12.6. The number of rotatable bonds is 7. The highest BCUT2D eigenvalue weighted by Gasteiger charge is 2.19. The summed E-state index contributed by atoms with van der Waals surface area (Å²) in [5.41, 5.74) is 1.68. The lowest BCUT2D eigenvalue weighted by molar-refractivity contribution is 0.331. The molecule has 0 aliphatic carbocycles. The van der Waals surface area contributed by atoms with Crippen LogP contribution < -0.4 is 9.46 Å². The highest BCUT2D eigenvalue weighted by atomic mass is 32.2. The minimum Gasteiger partial charge on any atom is -0.492 e. The Morgan fingerprint density at radius 2 is 2.00 bits per heavy atom. The average molecular weight is 374 g/mol. The van der Waals surface area contributed by atoms with Crippen molar-refractivity contribution in [3.05, 3.63) is 65.7 Å². The predicted octanol–water partition coefficient (Wildman–Crippen LogP) is 3.69. The Morgan fingerprint density at radius 3 is 2.76 bits per heavy atom. The molecule has 25 heavy (non-hydrogen) atoms. The number of benzene rings is 1. The first-order valence-corrected chi connectivity index (χ1v) is 10.2. The first kappa shape index (κ1) is 17.6. The first-order chi connectivity index (χ1) is 12.1. The van der Waals surface area contributed by atoms with Crippen molar-refractivity contribution in [2.75, 3.05) is 6.61 Å². The van der Waals surface area contributed by atoms with Crippen LogP contribution in [0.25, 0.3) is 10.6 Å². The molecular weight excluding hydrogens is 356 g/mol. The second-order valence-corrected chi connectivity index (χ2v) is 7.91. The summed E-state index contributed by atoms with van der Waals surface area (Å²) in [6, 6.07) is 14.3. The van der Waals surface area contributed by atoms with Crippen molar-refractivity contribution >= 4 is 21.4 Å². The number of thiophene rings is 1. The van der Waals surface area contributed by atoms with E-state index in [4.69, 9.17) is 4.74 Å². The van der Waals surface area contributed by atoms with Crippen molar-refractivity contribution in [1.82, 2.24) is 9.71 Å². The fourth-order valence-electron chi connectivity index (χ4n) is 2.35. The zero-order chi connectivity index (χ0) is 17.7. The van der Waals surface area contributed by atoms with Gasteiger partial charge in [-0.25, -0.2) is 13.1 Å². The molecule has 0 fully saturated rings. The van der Waals surface area contributed by atoms with Crippen LogP contribution in [-0.2, 0) is 16.6 Å². The molecule has 0 amide bonds. The van der Waals surface area contributed by atoms with Crippen LogP contribution in [0.1, 0.15) is 12.5 Å². The van der Waals surface area contributed by atoms with E-state index in [0.717, 1.165) is 16.1 Å². The van der Waals surface area contributed by atoms with Gasteiger partial charge in [-0.15, -0.1) is 11.3 Å². The Balaban J connectivity index is 1.78. The summed E-state index contributed by atoms with van der Waals surface area (Å²) in [5.74, 6) is 0.353. The molecular formula is C18H18N2O3S2. The van der Waals surface area contributed by atoms with E-state index < -0.39 is 10.0 Å². The zero-order valence-corrected chi connectivity index (χ0v) is 15.3. The van der Waals surface area contributed by atoms with E-state index in [-0.39, 0.29) is 11.4 Å². The van der Waals surface area contributed by atoms with Gasteiger partial charge in [0.2, 0.25) is 10.0 Å². The molecule has 0 bridgehead atoms. The van der Waals surface area contributed by atoms with E-state index >= 15 is 0 Å². The Hall–Kier alpha value is -2.22. The van der Waals surface area contributed by atoms with Crippen LogP contribution in [-0.4, -0.2) is 20.0 Å². The van der Waals surface area contributed by atoms with Crippen LogP contribution in [0.15, 0.2) is 65.0 Å². The van der Waals surface area contributed by atoms with Gasteiger partial charge >= 0.3 is 0 Å². The topological polar surface area (TPSA) is 68.3 Å². The number of para-hydroxylation sites is 1. The van der Waals surface area contributed by atoms with Crippen molar-refractivity contribution in [2.45, 2.75) is 18.4 Å². The van der Waals surface area contributed by atoms with Gasteiger partial charge in [0.25, 0.3) is 0 Å². The van der Waals surface area contributed by atoms with Gasteiger partial charge < -0.3 is 4.74 Å². The lowest BCUT2D eigenvalue weighted by Crippen LogP contribution is -2.24. The van der Waals surface area contributed by atoms with Crippen molar-refractivity contribution < 1.29 is 13.2 Å². The molecule has 0 aliphatic rings. The summed E-state index contributed by atoms with van der Waals surface area (Å²) < 4.78 is 33.3. The summed E-state index contributed by atoms with van der Waals surface area (Å²) in [7, 11) is -3.67. The third kappa shape index (κ3) is 4.25. The van der Waals surface area contributed by atoms with Gasteiger partial charge in [0.1, 0.15) is 10.6 Å². The number of nitrogens with zero attached hydrogens (tertiary/aromatic N) is 1. The van der Waals surface area contributed by atoms with Crippen molar-refractivity contribution in [3.8, 4) is 16.3 Å². The minimum absolute atomic E-state index is 0.143. The summed E-state index contributed by atoms with van der Waals surface area (Å²) >= 11 is 1.59. The van der Waals surface area contributed by atoms with Gasteiger partial charge in [0.15, 0.2) is 0 Å². The minimum atomic E-state index is -3.67. The molecule has 0 radical (unpaired) electrons. The third-order valence-corrected chi connectivity index (χ3v) is 5.84. The highest BCUT2D eigenvalue weighted by molar-refractivity contribution is 7.89. The Labute approximate surface area is 151 Å². The third-order valence-electron chi connectivity index (χ3n) is 3.50. The Bertz CT molecular complexity index is 938. The SMILES string of the molecule is CCOc1ccccc1S(=O)(=O)NCc1ccnc(-c2cccs2)c1. The molecule has 1 N–H and O–H groups in total. The van der Waals surface area contributed by atoms with Gasteiger partial charge in [-0.3, -0.25) is 4.98 Å². The number of sulfonamides is 1. The Kier molecular flexibility index (Phi) is 5.47. The monoisotopic (exact) mass is 374 g/mol. The van der Waals surface area contributed by atoms with E-state index in [1.54, 1.807) is 41.8 Å². The van der Waals surface area contributed by atoms with E-state index in [9.17, 15) is 8.42 Å². The Morgan fingerprint density at radius 1 is 1.16 bits per heavy atom. The van der Waals surface area contributed by atoms with Gasteiger partial charge in [0, 0.05) is 12.7 Å². The smallest absolute Gasteiger partial charge is 0.244 e. The lowest BCUT2D eigenvalue weighted by Gasteiger charge is -2.12. The maximum Gasteiger partial charge on any atom is 0.244 e. The van der Waals surface area contributed by atoms with E-state index in [2.05, 4.69) is 9.71 Å². The summed E-state index contributed by atoms with van der Waals surface area (Å²) in [5, 5.41) is 1.98. The van der Waals surface area contributed by atoms with Crippen LogP contribution >= 0.6 is 11.3 Å². The molecule has 0 spiro atoms. The van der Waals surface area contributed by atoms with E-state index in [1.807, 2.05) is 30.5 Å². The molecule has 0 atom stereocenters. The van der Waals surface area contributed by atoms with Gasteiger partial charge in [0.05, 0.1) is 17.2 Å². The van der Waals surface area contributed by atoms with Crippen molar-refractivity contribution in [3.63, 3.8) is 0 Å². The predicted molar refractivity (Wildman–Crippen MR) is 99.2 cm³/mol. The van der Waals surface area contributed by atoms with Gasteiger partial charge in [-0.2, -0.15) is 0 Å². The van der Waals surface area contributed by atoms with Gasteiger partial charge in [-0.05, 0) is 48.2 Å². The largest absolute Gasteiger partial charge is 0.492 e. The molecule has 130 valence electrons. The van der Waals surface area contributed by atoms with Crippen LogP contribution in [0.3, 0.4) is 0 Å². The van der Waals surface area contributed by atoms with Gasteiger partial charge in [-0.1, -0.05) is 18.2 Å². The molecule has 3 rings (SSSR count). The fourth-order valence-corrected chi connectivity index (χ4v) is 4.20. The maximum atomic E-state index is 12.6. The molecule has 0 unspecified atom stereocenters. The number of hydrogen-bond donors (Lipinski definition) is 1. The molecule has 0 saturated heterocycles. The molecule has 0 aliphatic heterocycles. The number of ether oxygens (including phenoxy) is 1. The summed E-state index contributed by atoms with van der Waals surface area (Å²) in [6.07, 6.45) is 1.69. The highest BCUT2D eigenvalue weighted by Crippen LogP contribution is 2.25. The van der Waals surface area contributed by atoms with E-state index in [1.165, 1.54) is 6.07 Å². The normalized spacial score (nSPS) is 11.4. The number of aromatic nitrogens is 1. The second-order valence-electron chi connectivity index (χ2n) is 5.23. The molecule has 0 saturated carbocycles. The van der Waals surface area contributed by atoms with Crippen LogP contribution in [0.4, 0.5) is 0 Å². The quantitative estimate of drug-likeness (QED) is 0.685. The van der Waals surface area contributed by atoms with Crippen molar-refractivity contribution in [1.29, 1.82) is 0 Å². The number of nitrogens with one attached hydrogen (secondary N) is 1. The summed E-state index contributed by atoms with van der Waals surface area (Å²) in [4.78, 5) is 5.53. The molecule has 2 aromatic heterocycles. The number of pyridine rings is 1. The zero-order valence-electron chi connectivity index (χ0n) is 13.7. The molecule has 1 aromatic carbocycles.